The van der Waals surface area contributed by atoms with Crippen molar-refractivity contribution in [1.82, 2.24) is 5.32 Å². The van der Waals surface area contributed by atoms with E-state index in [9.17, 15) is 9.59 Å². The lowest BCUT2D eigenvalue weighted by Gasteiger charge is -2.09. The van der Waals surface area contributed by atoms with Crippen LogP contribution >= 0.6 is 23.1 Å². The molecule has 0 spiro atoms. The average Bonchev–Trinajstić information content (AvgIpc) is 2.80. The van der Waals surface area contributed by atoms with Crippen molar-refractivity contribution >= 4 is 35.5 Å². The van der Waals surface area contributed by atoms with Gasteiger partial charge in [0.15, 0.2) is 0 Å². The van der Waals surface area contributed by atoms with Gasteiger partial charge in [0.05, 0.1) is 0 Å². The number of hydrogen-bond donors (Lipinski definition) is 2. The topological polar surface area (TPSA) is 66.4 Å². The number of carboxylic acids is 1. The molecular weight excluding hydrogens is 270 g/mol. The average molecular weight is 287 g/mol. The summed E-state index contributed by atoms with van der Waals surface area (Å²) >= 11 is 3.49. The summed E-state index contributed by atoms with van der Waals surface area (Å²) in [7, 11) is 0. The summed E-state index contributed by atoms with van der Waals surface area (Å²) in [6.07, 6.45) is 1.95. The minimum atomic E-state index is -0.980. The summed E-state index contributed by atoms with van der Waals surface area (Å²) in [4.78, 5) is 23.7. The van der Waals surface area contributed by atoms with Gasteiger partial charge in [0.2, 0.25) is 6.41 Å². The molecule has 18 heavy (non-hydrogen) atoms. The molecule has 1 rings (SSSR count). The Morgan fingerprint density at radius 2 is 2.28 bits per heavy atom. The van der Waals surface area contributed by atoms with Gasteiger partial charge < -0.3 is 10.4 Å². The Morgan fingerprint density at radius 1 is 1.56 bits per heavy atom. The Bertz CT molecular complexity index is 392. The summed E-state index contributed by atoms with van der Waals surface area (Å²) in [6.45, 7) is 2.13. The second kappa shape index (κ2) is 8.16. The van der Waals surface area contributed by atoms with E-state index >= 15 is 0 Å². The lowest BCUT2D eigenvalue weighted by Crippen LogP contribution is -2.36. The van der Waals surface area contributed by atoms with E-state index < -0.39 is 12.0 Å². The van der Waals surface area contributed by atoms with Crippen LogP contribution in [0.25, 0.3) is 0 Å². The van der Waals surface area contributed by atoms with Gasteiger partial charge in [-0.05, 0) is 30.7 Å². The van der Waals surface area contributed by atoms with E-state index in [1.54, 1.807) is 23.1 Å². The van der Waals surface area contributed by atoms with Gasteiger partial charge in [-0.3, -0.25) is 4.79 Å². The van der Waals surface area contributed by atoms with Crippen LogP contribution in [0, 0.1) is 0 Å². The third kappa shape index (κ3) is 5.10. The van der Waals surface area contributed by atoms with Gasteiger partial charge in [0.25, 0.3) is 0 Å². The summed E-state index contributed by atoms with van der Waals surface area (Å²) in [5, 5.41) is 11.1. The molecule has 0 fully saturated rings. The van der Waals surface area contributed by atoms with Crippen LogP contribution < -0.4 is 5.32 Å². The van der Waals surface area contributed by atoms with Gasteiger partial charge >= 0.3 is 5.97 Å². The Morgan fingerprint density at radius 3 is 2.83 bits per heavy atom. The zero-order chi connectivity index (χ0) is 13.4. The number of nitrogens with one attached hydrogen (secondary N) is 1. The van der Waals surface area contributed by atoms with Crippen molar-refractivity contribution in [2.24, 2.45) is 0 Å². The Kier molecular flexibility index (Phi) is 6.82. The zero-order valence-electron chi connectivity index (χ0n) is 10.2. The van der Waals surface area contributed by atoms with Crippen molar-refractivity contribution in [2.75, 3.05) is 5.75 Å². The molecule has 1 atom stereocenters. The van der Waals surface area contributed by atoms with Gasteiger partial charge in [-0.1, -0.05) is 6.92 Å². The van der Waals surface area contributed by atoms with E-state index in [0.29, 0.717) is 12.8 Å². The first kappa shape index (κ1) is 15.0. The maximum absolute atomic E-state index is 10.8. The van der Waals surface area contributed by atoms with Crippen LogP contribution in [0.5, 0.6) is 0 Å². The molecule has 0 saturated carbocycles. The number of carboxylic acid groups (broad SMARTS) is 1. The number of amides is 1. The fourth-order valence-electron chi connectivity index (χ4n) is 1.42. The molecule has 0 bridgehead atoms. The number of aliphatic carboxylic acids is 1. The van der Waals surface area contributed by atoms with Crippen molar-refractivity contribution in [3.63, 3.8) is 0 Å². The Hall–Kier alpha value is -1.01. The van der Waals surface area contributed by atoms with Gasteiger partial charge in [-0.2, -0.15) is 11.8 Å². The van der Waals surface area contributed by atoms with E-state index in [4.69, 9.17) is 5.11 Å². The molecule has 100 valence electrons. The maximum Gasteiger partial charge on any atom is 0.326 e. The molecular formula is C12H17NO3S2. The van der Waals surface area contributed by atoms with Crippen LogP contribution in [0.3, 0.4) is 0 Å². The normalized spacial score (nSPS) is 12.1. The van der Waals surface area contributed by atoms with E-state index in [1.165, 1.54) is 9.75 Å². The smallest absolute Gasteiger partial charge is 0.326 e. The molecule has 0 aliphatic carbocycles. The van der Waals surface area contributed by atoms with Crippen LogP contribution in [0.15, 0.2) is 12.1 Å². The van der Waals surface area contributed by atoms with Crippen LogP contribution in [-0.2, 0) is 21.8 Å². The van der Waals surface area contributed by atoms with Crippen molar-refractivity contribution in [3.05, 3.63) is 21.9 Å². The molecule has 0 aliphatic rings. The number of thiophene rings is 1. The van der Waals surface area contributed by atoms with Gasteiger partial charge in [-0.25, -0.2) is 4.79 Å². The molecule has 0 radical (unpaired) electrons. The highest BCUT2D eigenvalue weighted by molar-refractivity contribution is 7.98. The second-order valence-corrected chi connectivity index (χ2v) is 6.10. The largest absolute Gasteiger partial charge is 0.480 e. The first-order valence-corrected chi connectivity index (χ1v) is 7.72. The van der Waals surface area contributed by atoms with E-state index in [2.05, 4.69) is 24.4 Å². The SMILES string of the molecule is CCc1ccc(CSCCC(NC=O)C(=O)O)s1. The van der Waals surface area contributed by atoms with Crippen molar-refractivity contribution in [3.8, 4) is 0 Å². The molecule has 1 aromatic heterocycles. The molecule has 1 heterocycles. The number of hydrogen-bond acceptors (Lipinski definition) is 4. The summed E-state index contributed by atoms with van der Waals surface area (Å²) < 4.78 is 0. The highest BCUT2D eigenvalue weighted by atomic mass is 32.2. The minimum Gasteiger partial charge on any atom is -0.480 e. The molecule has 1 aromatic rings. The number of carbonyl (C=O) groups excluding carboxylic acids is 1. The molecule has 1 unspecified atom stereocenters. The van der Waals surface area contributed by atoms with Crippen LogP contribution in [0.2, 0.25) is 0 Å². The number of rotatable bonds is 9. The van der Waals surface area contributed by atoms with Gasteiger partial charge in [-0.15, -0.1) is 11.3 Å². The predicted molar refractivity (Wildman–Crippen MR) is 75.1 cm³/mol. The third-order valence-electron chi connectivity index (χ3n) is 2.43. The Labute approximate surface area is 115 Å². The number of thioether (sulfide) groups is 1. The van der Waals surface area contributed by atoms with Crippen molar-refractivity contribution < 1.29 is 14.7 Å². The molecule has 2 N–H and O–H groups in total. The van der Waals surface area contributed by atoms with Crippen molar-refractivity contribution in [1.29, 1.82) is 0 Å². The lowest BCUT2D eigenvalue weighted by atomic mass is 10.2. The highest BCUT2D eigenvalue weighted by Gasteiger charge is 2.15. The summed E-state index contributed by atoms with van der Waals surface area (Å²) in [6, 6.07) is 3.48. The Balaban J connectivity index is 2.24. The van der Waals surface area contributed by atoms with E-state index in [-0.39, 0.29) is 0 Å². The van der Waals surface area contributed by atoms with Crippen LogP contribution in [0.1, 0.15) is 23.1 Å². The van der Waals surface area contributed by atoms with Crippen LogP contribution in [0.4, 0.5) is 0 Å². The standard InChI is InChI=1S/C12H17NO3S2/c1-2-9-3-4-10(18-9)7-17-6-5-11(12(15)16)13-8-14/h3-4,8,11H,2,5-7H2,1H3,(H,13,14)(H,15,16). The van der Waals surface area contributed by atoms with Gasteiger partial charge in [0.1, 0.15) is 6.04 Å². The van der Waals surface area contributed by atoms with E-state index in [0.717, 1.165) is 17.9 Å². The summed E-state index contributed by atoms with van der Waals surface area (Å²) in [5.41, 5.74) is 0. The molecule has 0 aromatic carbocycles. The van der Waals surface area contributed by atoms with Crippen molar-refractivity contribution in [2.45, 2.75) is 31.6 Å². The molecule has 1 amide bonds. The maximum atomic E-state index is 10.8. The quantitative estimate of drug-likeness (QED) is 0.539. The minimum absolute atomic E-state index is 0.441. The molecule has 4 nitrogen and oxygen atoms in total. The van der Waals surface area contributed by atoms with Crippen LogP contribution in [-0.4, -0.2) is 29.3 Å². The number of carbonyl (C=O) groups is 2. The molecule has 6 heteroatoms. The molecule has 0 saturated heterocycles. The fourth-order valence-corrected chi connectivity index (χ4v) is 3.51. The first-order valence-electron chi connectivity index (χ1n) is 5.75. The monoisotopic (exact) mass is 287 g/mol. The fraction of sp³-hybridized carbons (Fsp3) is 0.500. The third-order valence-corrected chi connectivity index (χ3v) is 4.88. The first-order chi connectivity index (χ1) is 8.67. The lowest BCUT2D eigenvalue weighted by molar-refractivity contribution is -0.140. The zero-order valence-corrected chi connectivity index (χ0v) is 11.9. The summed E-state index contributed by atoms with van der Waals surface area (Å²) in [5.74, 6) is 0.641. The van der Waals surface area contributed by atoms with Gasteiger partial charge in [0, 0.05) is 15.5 Å². The molecule has 0 aliphatic heterocycles. The van der Waals surface area contributed by atoms with E-state index in [1.807, 2.05) is 0 Å². The number of aryl methyl sites for hydroxylation is 1. The second-order valence-electron chi connectivity index (χ2n) is 3.74. The predicted octanol–water partition coefficient (Wildman–Crippen LogP) is 2.13. The highest BCUT2D eigenvalue weighted by Crippen LogP contribution is 2.22.